The lowest BCUT2D eigenvalue weighted by Crippen LogP contribution is -2.39. The number of aromatic nitrogens is 2. The van der Waals surface area contributed by atoms with Gasteiger partial charge in [0.25, 0.3) is 0 Å². The van der Waals surface area contributed by atoms with Crippen LogP contribution in [0.3, 0.4) is 0 Å². The van der Waals surface area contributed by atoms with Crippen molar-refractivity contribution in [2.24, 2.45) is 0 Å². The Kier molecular flexibility index (Phi) is 3.08. The molecule has 0 radical (unpaired) electrons. The molecule has 1 atom stereocenters. The van der Waals surface area contributed by atoms with Crippen molar-refractivity contribution in [3.63, 3.8) is 0 Å². The van der Waals surface area contributed by atoms with Crippen LogP contribution in [0.15, 0.2) is 24.0 Å². The van der Waals surface area contributed by atoms with Crippen molar-refractivity contribution in [2.45, 2.75) is 37.9 Å². The van der Waals surface area contributed by atoms with Gasteiger partial charge in [-0.15, -0.1) is 11.3 Å². The first-order chi connectivity index (χ1) is 10.2. The Labute approximate surface area is 126 Å². The molecular formula is C15H17N3O2S. The van der Waals surface area contributed by atoms with E-state index in [1.54, 1.807) is 11.3 Å². The molecule has 1 fully saturated rings. The number of hydrogen-bond acceptors (Lipinski definition) is 4. The second kappa shape index (κ2) is 4.96. The number of hydrogen-bond donors (Lipinski definition) is 1. The molecule has 0 bridgehead atoms. The highest BCUT2D eigenvalue weighted by Gasteiger charge is 2.35. The van der Waals surface area contributed by atoms with E-state index in [2.05, 4.69) is 14.5 Å². The van der Waals surface area contributed by atoms with E-state index in [9.17, 15) is 9.90 Å². The van der Waals surface area contributed by atoms with Gasteiger partial charge in [-0.05, 0) is 36.3 Å². The number of nitrogens with zero attached hydrogens (tertiary/aromatic N) is 3. The molecule has 0 amide bonds. The van der Waals surface area contributed by atoms with E-state index < -0.39 is 12.0 Å². The Bertz CT molecular complexity index is 674. The third kappa shape index (κ3) is 2.28. The van der Waals surface area contributed by atoms with Gasteiger partial charge < -0.3 is 9.67 Å². The van der Waals surface area contributed by atoms with Gasteiger partial charge in [0.1, 0.15) is 6.04 Å². The fourth-order valence-electron chi connectivity index (χ4n) is 3.17. The maximum Gasteiger partial charge on any atom is 0.325 e. The van der Waals surface area contributed by atoms with E-state index in [0.29, 0.717) is 12.6 Å². The summed E-state index contributed by atoms with van der Waals surface area (Å²) in [5.74, 6) is -0.758. The minimum Gasteiger partial charge on any atom is -0.480 e. The van der Waals surface area contributed by atoms with Crippen molar-refractivity contribution in [2.75, 3.05) is 6.54 Å². The summed E-state index contributed by atoms with van der Waals surface area (Å²) in [5.41, 5.74) is 2.10. The van der Waals surface area contributed by atoms with Gasteiger partial charge in [-0.1, -0.05) is 0 Å². The lowest BCUT2D eigenvalue weighted by Gasteiger charge is -2.33. The Balaban J connectivity index is 1.62. The van der Waals surface area contributed by atoms with Crippen molar-refractivity contribution in [1.82, 2.24) is 14.5 Å². The van der Waals surface area contributed by atoms with E-state index in [1.807, 2.05) is 24.0 Å². The van der Waals surface area contributed by atoms with Crippen LogP contribution in [0.25, 0.3) is 0 Å². The number of carboxylic acid groups (broad SMARTS) is 1. The predicted molar refractivity (Wildman–Crippen MR) is 79.3 cm³/mol. The van der Waals surface area contributed by atoms with Gasteiger partial charge >= 0.3 is 5.97 Å². The van der Waals surface area contributed by atoms with Crippen LogP contribution < -0.4 is 0 Å². The van der Waals surface area contributed by atoms with E-state index in [4.69, 9.17) is 0 Å². The van der Waals surface area contributed by atoms with Crippen molar-refractivity contribution in [1.29, 1.82) is 0 Å². The summed E-state index contributed by atoms with van der Waals surface area (Å²) < 4.78 is 2.21. The van der Waals surface area contributed by atoms with Crippen molar-refractivity contribution in [3.05, 3.63) is 40.1 Å². The number of carboxylic acids is 1. The molecule has 2 aromatic heterocycles. The molecule has 1 N–H and O–H groups in total. The van der Waals surface area contributed by atoms with Crippen LogP contribution >= 0.6 is 11.3 Å². The number of imidazole rings is 1. The molecule has 21 heavy (non-hydrogen) atoms. The Morgan fingerprint density at radius 2 is 2.33 bits per heavy atom. The highest BCUT2D eigenvalue weighted by Crippen LogP contribution is 2.38. The van der Waals surface area contributed by atoms with E-state index in [1.165, 1.54) is 17.7 Å². The average Bonchev–Trinajstić information content (AvgIpc) is 3.01. The molecule has 0 saturated heterocycles. The van der Waals surface area contributed by atoms with Gasteiger partial charge in [-0.2, -0.15) is 0 Å². The maximum absolute atomic E-state index is 11.7. The molecule has 0 spiro atoms. The van der Waals surface area contributed by atoms with Crippen LogP contribution in [-0.4, -0.2) is 32.1 Å². The number of rotatable bonds is 4. The van der Waals surface area contributed by atoms with E-state index >= 15 is 0 Å². The third-order valence-corrected chi connectivity index (χ3v) is 5.35. The van der Waals surface area contributed by atoms with Crippen molar-refractivity contribution in [3.8, 4) is 0 Å². The summed E-state index contributed by atoms with van der Waals surface area (Å²) in [7, 11) is 0. The summed E-state index contributed by atoms with van der Waals surface area (Å²) in [6, 6.07) is 2.01. The molecule has 1 aliphatic heterocycles. The van der Waals surface area contributed by atoms with E-state index in [0.717, 1.165) is 24.2 Å². The first-order valence-corrected chi connectivity index (χ1v) is 8.16. The molecule has 0 aromatic carbocycles. The zero-order valence-electron chi connectivity index (χ0n) is 11.6. The summed E-state index contributed by atoms with van der Waals surface area (Å²) in [6.07, 6.45) is 7.11. The minimum absolute atomic E-state index is 0.525. The van der Waals surface area contributed by atoms with Gasteiger partial charge in [0.2, 0.25) is 0 Å². The second-order valence-corrected chi connectivity index (χ2v) is 6.78. The van der Waals surface area contributed by atoms with Crippen LogP contribution in [-0.2, 0) is 17.8 Å². The Morgan fingerprint density at radius 1 is 1.48 bits per heavy atom. The molecule has 2 aliphatic rings. The third-order valence-electron chi connectivity index (χ3n) is 4.35. The van der Waals surface area contributed by atoms with Crippen LogP contribution in [0, 0.1) is 0 Å². The van der Waals surface area contributed by atoms with Crippen LogP contribution in [0.5, 0.6) is 0 Å². The number of thiophene rings is 1. The Hall–Kier alpha value is -1.66. The van der Waals surface area contributed by atoms with Crippen LogP contribution in [0.2, 0.25) is 0 Å². The molecule has 1 aliphatic carbocycles. The molecule has 1 saturated carbocycles. The molecule has 6 heteroatoms. The summed E-state index contributed by atoms with van der Waals surface area (Å²) in [4.78, 5) is 19.2. The molecule has 5 nitrogen and oxygen atoms in total. The number of fused-ring (bicyclic) bond motifs is 1. The largest absolute Gasteiger partial charge is 0.480 e. The molecule has 4 rings (SSSR count). The molecule has 1 unspecified atom stereocenters. The zero-order chi connectivity index (χ0) is 14.4. The monoisotopic (exact) mass is 303 g/mol. The molecular weight excluding hydrogens is 286 g/mol. The quantitative estimate of drug-likeness (QED) is 0.942. The Morgan fingerprint density at radius 3 is 3.10 bits per heavy atom. The summed E-state index contributed by atoms with van der Waals surface area (Å²) in [5, 5.41) is 11.6. The topological polar surface area (TPSA) is 58.4 Å². The molecule has 2 aromatic rings. The average molecular weight is 303 g/mol. The van der Waals surface area contributed by atoms with E-state index in [-0.39, 0.29) is 0 Å². The fourth-order valence-corrected chi connectivity index (χ4v) is 4.08. The second-order valence-electron chi connectivity index (χ2n) is 5.78. The van der Waals surface area contributed by atoms with Gasteiger partial charge in [-0.3, -0.25) is 9.69 Å². The van der Waals surface area contributed by atoms with Gasteiger partial charge in [0.15, 0.2) is 0 Å². The highest BCUT2D eigenvalue weighted by atomic mass is 32.1. The van der Waals surface area contributed by atoms with Gasteiger partial charge in [-0.25, -0.2) is 4.98 Å². The lowest BCUT2D eigenvalue weighted by atomic mass is 10.00. The minimum atomic E-state index is -0.758. The molecule has 3 heterocycles. The van der Waals surface area contributed by atoms with Gasteiger partial charge in [0, 0.05) is 30.2 Å². The number of carbonyl (C=O) groups is 1. The first kappa shape index (κ1) is 13.0. The first-order valence-electron chi connectivity index (χ1n) is 7.28. The summed E-state index contributed by atoms with van der Waals surface area (Å²) in [6.45, 7) is 1.45. The predicted octanol–water partition coefficient (Wildman–Crippen LogP) is 2.46. The fraction of sp³-hybridized carbons (Fsp3) is 0.467. The van der Waals surface area contributed by atoms with Crippen LogP contribution in [0.4, 0.5) is 0 Å². The van der Waals surface area contributed by atoms with Crippen molar-refractivity contribution < 1.29 is 9.90 Å². The summed E-state index contributed by atoms with van der Waals surface area (Å²) >= 11 is 1.67. The van der Waals surface area contributed by atoms with Crippen molar-refractivity contribution >= 4 is 17.3 Å². The van der Waals surface area contributed by atoms with Gasteiger partial charge in [0.05, 0.1) is 12.0 Å². The SMILES string of the molecule is O=C(O)C1c2ccsc2CCN1Cc1cncn1C1CC1. The zero-order valence-corrected chi connectivity index (χ0v) is 12.4. The maximum atomic E-state index is 11.7. The number of aliphatic carboxylic acids is 1. The smallest absolute Gasteiger partial charge is 0.325 e. The van der Waals surface area contributed by atoms with Crippen LogP contribution in [0.1, 0.15) is 41.1 Å². The lowest BCUT2D eigenvalue weighted by molar-refractivity contribution is -0.144. The molecule has 110 valence electrons. The highest BCUT2D eigenvalue weighted by molar-refractivity contribution is 7.10. The standard InChI is InChI=1S/C15H17N3O2S/c19-15(20)14-12-4-6-21-13(12)3-5-17(14)8-11-7-16-9-18(11)10-1-2-10/h4,6-7,9-10,14H,1-3,5,8H2,(H,19,20). The normalized spacial score (nSPS) is 22.2.